The average Bonchev–Trinajstić information content (AvgIpc) is 2.38. The van der Waals surface area contributed by atoms with Crippen LogP contribution in [0.2, 0.25) is 0 Å². The van der Waals surface area contributed by atoms with Gasteiger partial charge in [0.25, 0.3) is 0 Å². The number of hydrogen-bond acceptors (Lipinski definition) is 3. The molecule has 0 unspecified atom stereocenters. The molecule has 5 nitrogen and oxygen atoms in total. The molecule has 0 radical (unpaired) electrons. The molecule has 0 aromatic heterocycles. The second-order valence-electron chi connectivity index (χ2n) is 3.08. The highest BCUT2D eigenvalue weighted by atomic mass is 16.5. The summed E-state index contributed by atoms with van der Waals surface area (Å²) in [6, 6.07) is 5.12. The summed E-state index contributed by atoms with van der Waals surface area (Å²) in [5, 5.41) is 3.37. The van der Waals surface area contributed by atoms with Gasteiger partial charge in [-0.05, 0) is 23.7 Å². The van der Waals surface area contributed by atoms with Crippen molar-refractivity contribution in [2.75, 3.05) is 13.7 Å². The van der Waals surface area contributed by atoms with Gasteiger partial charge in [-0.15, -0.1) is 0 Å². The minimum atomic E-state index is 0.347. The first-order valence-corrected chi connectivity index (χ1v) is 4.94. The Morgan fingerprint density at radius 2 is 2.41 bits per heavy atom. The Balaban J connectivity index is 2.78. The molecule has 0 N–H and O–H groups in total. The van der Waals surface area contributed by atoms with Gasteiger partial charge >= 0.3 is 0 Å². The molecule has 0 saturated heterocycles. The number of nitrogens with zero attached hydrogens (tertiary/aromatic N) is 3. The lowest BCUT2D eigenvalue weighted by Gasteiger charge is -2.02. The van der Waals surface area contributed by atoms with Crippen LogP contribution in [0.25, 0.3) is 10.4 Å². The molecule has 0 aliphatic rings. The van der Waals surface area contributed by atoms with E-state index in [0.29, 0.717) is 24.3 Å². The zero-order chi connectivity index (χ0) is 12.5. The summed E-state index contributed by atoms with van der Waals surface area (Å²) in [6.07, 6.45) is 1.22. The molecule has 0 aliphatic heterocycles. The van der Waals surface area contributed by atoms with E-state index in [-0.39, 0.29) is 0 Å². The number of benzene rings is 1. The molecular weight excluding hydrogens is 218 g/mol. The van der Waals surface area contributed by atoms with Crippen molar-refractivity contribution in [1.82, 2.24) is 0 Å². The minimum absolute atomic E-state index is 0.347. The van der Waals surface area contributed by atoms with Gasteiger partial charge in [0, 0.05) is 23.4 Å². The number of methoxy groups -OCH3 is 1. The molecule has 1 aromatic carbocycles. The molecule has 5 heteroatoms. The summed E-state index contributed by atoms with van der Waals surface area (Å²) < 4.78 is 5.01. The van der Waals surface area contributed by atoms with E-state index < -0.39 is 0 Å². The standard InChI is InChI=1S/C12H11N3O2/c1-17-12-6-5-10(8-11(12)9-16)4-2-3-7-14-15-13/h5-6,8-9H,3,7H2,1H3. The SMILES string of the molecule is COc1ccc(C#CCCN=[N+]=[N-])cc1C=O. The maximum Gasteiger partial charge on any atom is 0.153 e. The van der Waals surface area contributed by atoms with Crippen molar-refractivity contribution in [2.24, 2.45) is 5.11 Å². The van der Waals surface area contributed by atoms with E-state index in [0.717, 1.165) is 11.8 Å². The lowest BCUT2D eigenvalue weighted by Crippen LogP contribution is -1.91. The fourth-order valence-corrected chi connectivity index (χ4v) is 1.22. The van der Waals surface area contributed by atoms with E-state index in [9.17, 15) is 4.79 Å². The zero-order valence-corrected chi connectivity index (χ0v) is 9.38. The molecule has 0 atom stereocenters. The van der Waals surface area contributed by atoms with Gasteiger partial charge in [-0.1, -0.05) is 17.0 Å². The number of aldehydes is 1. The first kappa shape index (κ1) is 12.6. The zero-order valence-electron chi connectivity index (χ0n) is 9.38. The van der Waals surface area contributed by atoms with Crippen LogP contribution in [0, 0.1) is 11.8 Å². The van der Waals surface area contributed by atoms with Crippen LogP contribution in [-0.4, -0.2) is 19.9 Å². The highest BCUT2D eigenvalue weighted by molar-refractivity contribution is 5.80. The van der Waals surface area contributed by atoms with Gasteiger partial charge in [0.2, 0.25) is 0 Å². The van der Waals surface area contributed by atoms with Gasteiger partial charge in [0.1, 0.15) is 5.75 Å². The van der Waals surface area contributed by atoms with E-state index in [4.69, 9.17) is 10.3 Å². The number of hydrogen-bond donors (Lipinski definition) is 0. The van der Waals surface area contributed by atoms with Crippen molar-refractivity contribution in [3.8, 4) is 17.6 Å². The fourth-order valence-electron chi connectivity index (χ4n) is 1.22. The Kier molecular flexibility index (Phi) is 5.15. The number of carbonyl (C=O) groups excluding carboxylic acids is 1. The number of carbonyl (C=O) groups is 1. The molecular formula is C12H11N3O2. The fraction of sp³-hybridized carbons (Fsp3) is 0.250. The van der Waals surface area contributed by atoms with Crippen LogP contribution in [0.5, 0.6) is 5.75 Å². The second kappa shape index (κ2) is 6.94. The van der Waals surface area contributed by atoms with Crippen LogP contribution in [0.4, 0.5) is 0 Å². The summed E-state index contributed by atoms with van der Waals surface area (Å²) >= 11 is 0. The van der Waals surface area contributed by atoms with Crippen LogP contribution in [-0.2, 0) is 0 Å². The summed E-state index contributed by atoms with van der Waals surface area (Å²) in [7, 11) is 1.51. The number of azide groups is 1. The Hall–Kier alpha value is -2.44. The molecule has 0 heterocycles. The number of rotatable bonds is 4. The van der Waals surface area contributed by atoms with E-state index in [1.54, 1.807) is 18.2 Å². The van der Waals surface area contributed by atoms with Crippen molar-refractivity contribution in [3.63, 3.8) is 0 Å². The van der Waals surface area contributed by atoms with Crippen molar-refractivity contribution in [1.29, 1.82) is 0 Å². The van der Waals surface area contributed by atoms with Crippen LogP contribution >= 0.6 is 0 Å². The van der Waals surface area contributed by atoms with Crippen molar-refractivity contribution >= 4 is 6.29 Å². The van der Waals surface area contributed by atoms with Gasteiger partial charge in [-0.3, -0.25) is 4.79 Å². The van der Waals surface area contributed by atoms with E-state index in [1.807, 2.05) is 0 Å². The third-order valence-corrected chi connectivity index (χ3v) is 1.99. The smallest absolute Gasteiger partial charge is 0.153 e. The third-order valence-electron chi connectivity index (χ3n) is 1.99. The Labute approximate surface area is 99.0 Å². The van der Waals surface area contributed by atoms with Crippen LogP contribution in [0.1, 0.15) is 22.3 Å². The van der Waals surface area contributed by atoms with E-state index in [2.05, 4.69) is 21.9 Å². The van der Waals surface area contributed by atoms with E-state index >= 15 is 0 Å². The normalized spacial score (nSPS) is 8.53. The van der Waals surface area contributed by atoms with Crippen LogP contribution < -0.4 is 4.74 Å². The Bertz CT molecular complexity index is 508. The summed E-state index contributed by atoms with van der Waals surface area (Å²) in [4.78, 5) is 13.4. The quantitative estimate of drug-likeness (QED) is 0.199. The predicted molar refractivity (Wildman–Crippen MR) is 63.9 cm³/mol. The van der Waals surface area contributed by atoms with Gasteiger partial charge in [-0.25, -0.2) is 0 Å². The van der Waals surface area contributed by atoms with Crippen molar-refractivity contribution < 1.29 is 9.53 Å². The molecule has 17 heavy (non-hydrogen) atoms. The molecule has 86 valence electrons. The van der Waals surface area contributed by atoms with Crippen LogP contribution in [0.3, 0.4) is 0 Å². The average molecular weight is 229 g/mol. The largest absolute Gasteiger partial charge is 0.496 e. The molecule has 0 bridgehead atoms. The van der Waals surface area contributed by atoms with Gasteiger partial charge in [0.05, 0.1) is 12.7 Å². The third kappa shape index (κ3) is 3.90. The van der Waals surface area contributed by atoms with Crippen molar-refractivity contribution in [2.45, 2.75) is 6.42 Å². The lowest BCUT2D eigenvalue weighted by atomic mass is 10.1. The lowest BCUT2D eigenvalue weighted by molar-refractivity contribution is 0.112. The summed E-state index contributed by atoms with van der Waals surface area (Å²) in [6.45, 7) is 0.347. The molecule has 1 rings (SSSR count). The summed E-state index contributed by atoms with van der Waals surface area (Å²) in [5.74, 6) is 6.26. The van der Waals surface area contributed by atoms with Gasteiger partial charge < -0.3 is 4.74 Å². The highest BCUT2D eigenvalue weighted by Gasteiger charge is 2.01. The first-order valence-electron chi connectivity index (χ1n) is 4.94. The van der Waals surface area contributed by atoms with Crippen molar-refractivity contribution in [3.05, 3.63) is 39.8 Å². The predicted octanol–water partition coefficient (Wildman–Crippen LogP) is 2.56. The molecule has 0 fully saturated rings. The van der Waals surface area contributed by atoms with Gasteiger partial charge in [-0.2, -0.15) is 0 Å². The van der Waals surface area contributed by atoms with E-state index in [1.165, 1.54) is 7.11 Å². The monoisotopic (exact) mass is 229 g/mol. The maximum absolute atomic E-state index is 10.8. The maximum atomic E-state index is 10.8. The highest BCUT2D eigenvalue weighted by Crippen LogP contribution is 2.17. The number of ether oxygens (including phenoxy) is 1. The van der Waals surface area contributed by atoms with Gasteiger partial charge in [0.15, 0.2) is 6.29 Å². The Morgan fingerprint density at radius 3 is 3.06 bits per heavy atom. The first-order chi connectivity index (χ1) is 8.31. The molecule has 0 aliphatic carbocycles. The summed E-state index contributed by atoms with van der Waals surface area (Å²) in [5.41, 5.74) is 9.26. The molecule has 0 spiro atoms. The Morgan fingerprint density at radius 1 is 1.59 bits per heavy atom. The minimum Gasteiger partial charge on any atom is -0.496 e. The molecule has 0 amide bonds. The topological polar surface area (TPSA) is 75.1 Å². The molecule has 0 saturated carbocycles. The van der Waals surface area contributed by atoms with Crippen LogP contribution in [0.15, 0.2) is 23.3 Å². The second-order valence-corrected chi connectivity index (χ2v) is 3.08. The molecule has 1 aromatic rings.